The summed E-state index contributed by atoms with van der Waals surface area (Å²) < 4.78 is 0. The van der Waals surface area contributed by atoms with Crippen molar-refractivity contribution >= 4 is 17.7 Å². The lowest BCUT2D eigenvalue weighted by Gasteiger charge is -2.34. The van der Waals surface area contributed by atoms with E-state index in [1.807, 2.05) is 41.9 Å². The normalized spacial score (nSPS) is 14.8. The van der Waals surface area contributed by atoms with Gasteiger partial charge in [-0.15, -0.1) is 0 Å². The molecular formula is C19H25N5O. The summed E-state index contributed by atoms with van der Waals surface area (Å²) in [6.45, 7) is 6.46. The van der Waals surface area contributed by atoms with Gasteiger partial charge in [-0.25, -0.2) is 4.98 Å². The van der Waals surface area contributed by atoms with Gasteiger partial charge in [0.25, 0.3) is 0 Å². The average Bonchev–Trinajstić information content (AvgIpc) is 2.59. The predicted octanol–water partition coefficient (Wildman–Crippen LogP) is 2.01. The Bertz CT molecular complexity index is 757. The van der Waals surface area contributed by atoms with E-state index in [2.05, 4.69) is 41.2 Å². The van der Waals surface area contributed by atoms with Crippen molar-refractivity contribution in [2.75, 3.05) is 43.5 Å². The number of hydrogen-bond acceptors (Lipinski definition) is 5. The second-order valence-corrected chi connectivity index (χ2v) is 6.79. The molecule has 1 saturated heterocycles. The zero-order valence-electron chi connectivity index (χ0n) is 15.4. The lowest BCUT2D eigenvalue weighted by Crippen LogP contribution is -2.50. The van der Waals surface area contributed by atoms with E-state index in [-0.39, 0.29) is 5.91 Å². The van der Waals surface area contributed by atoms with Crippen LogP contribution in [0.15, 0.2) is 30.5 Å². The Balaban J connectivity index is 1.68. The fourth-order valence-electron chi connectivity index (χ4n) is 2.99. The molecule has 0 aliphatic carbocycles. The summed E-state index contributed by atoms with van der Waals surface area (Å²) in [5.41, 5.74) is 3.42. The van der Waals surface area contributed by atoms with Gasteiger partial charge in [-0.2, -0.15) is 4.98 Å². The second-order valence-electron chi connectivity index (χ2n) is 6.79. The molecule has 2 aromatic rings. The van der Waals surface area contributed by atoms with E-state index in [9.17, 15) is 4.79 Å². The van der Waals surface area contributed by atoms with Crippen LogP contribution in [0.4, 0.5) is 11.8 Å². The minimum absolute atomic E-state index is 0.113. The number of hydrogen-bond donors (Lipinski definition) is 0. The molecule has 1 aromatic carbocycles. The van der Waals surface area contributed by atoms with Crippen LogP contribution in [0.25, 0.3) is 0 Å². The van der Waals surface area contributed by atoms with E-state index in [1.54, 1.807) is 0 Å². The molecule has 0 bridgehead atoms. The van der Waals surface area contributed by atoms with E-state index in [4.69, 9.17) is 0 Å². The number of rotatable bonds is 4. The van der Waals surface area contributed by atoms with Crippen LogP contribution in [-0.2, 0) is 11.3 Å². The number of amides is 1. The molecule has 6 nitrogen and oxygen atoms in total. The highest BCUT2D eigenvalue weighted by molar-refractivity contribution is 5.82. The van der Waals surface area contributed by atoms with Crippen molar-refractivity contribution in [2.24, 2.45) is 0 Å². The summed E-state index contributed by atoms with van der Waals surface area (Å²) in [7, 11) is 3.92. The second kappa shape index (κ2) is 7.09. The van der Waals surface area contributed by atoms with Crippen molar-refractivity contribution in [1.82, 2.24) is 14.9 Å². The quantitative estimate of drug-likeness (QED) is 0.853. The number of anilines is 2. The summed E-state index contributed by atoms with van der Waals surface area (Å²) in [5, 5.41) is 0. The molecular weight excluding hydrogens is 314 g/mol. The third-order valence-corrected chi connectivity index (χ3v) is 4.45. The first kappa shape index (κ1) is 17.2. The molecule has 2 heterocycles. The summed E-state index contributed by atoms with van der Waals surface area (Å²) in [6.07, 6.45) is 1.82. The number of carbonyl (C=O) groups is 1. The lowest BCUT2D eigenvalue weighted by atomic mass is 10.1. The van der Waals surface area contributed by atoms with Gasteiger partial charge in [0.2, 0.25) is 11.9 Å². The fraction of sp³-hybridized carbons (Fsp3) is 0.421. The third-order valence-electron chi connectivity index (χ3n) is 4.45. The maximum absolute atomic E-state index is 12.6. The minimum atomic E-state index is 0.113. The highest BCUT2D eigenvalue weighted by atomic mass is 16.2. The number of aromatic nitrogens is 2. The van der Waals surface area contributed by atoms with E-state index >= 15 is 0 Å². The van der Waals surface area contributed by atoms with Crippen LogP contribution in [0.1, 0.15) is 16.7 Å². The van der Waals surface area contributed by atoms with Crippen molar-refractivity contribution in [3.8, 4) is 0 Å². The van der Waals surface area contributed by atoms with Crippen molar-refractivity contribution < 1.29 is 4.79 Å². The van der Waals surface area contributed by atoms with Gasteiger partial charge in [-0.1, -0.05) is 29.8 Å². The molecule has 0 saturated carbocycles. The molecule has 1 aliphatic rings. The molecule has 1 fully saturated rings. The number of nitrogens with zero attached hydrogens (tertiary/aromatic N) is 5. The summed E-state index contributed by atoms with van der Waals surface area (Å²) in [6, 6.07) is 8.33. The first-order valence-corrected chi connectivity index (χ1v) is 8.53. The van der Waals surface area contributed by atoms with Crippen molar-refractivity contribution in [3.05, 3.63) is 47.2 Å². The Kier molecular flexibility index (Phi) is 4.88. The van der Waals surface area contributed by atoms with Gasteiger partial charge in [0.05, 0.1) is 0 Å². The number of aryl methyl sites for hydroxylation is 2. The van der Waals surface area contributed by atoms with Gasteiger partial charge < -0.3 is 14.7 Å². The number of carbonyl (C=O) groups excluding carboxylic acids is 1. The number of piperazine rings is 1. The first-order valence-electron chi connectivity index (χ1n) is 8.53. The fourth-order valence-corrected chi connectivity index (χ4v) is 2.99. The van der Waals surface area contributed by atoms with Crippen molar-refractivity contribution in [3.63, 3.8) is 0 Å². The first-order chi connectivity index (χ1) is 11.9. The van der Waals surface area contributed by atoms with Crippen LogP contribution in [0, 0.1) is 13.8 Å². The summed E-state index contributed by atoms with van der Waals surface area (Å²) in [5.74, 6) is 1.62. The van der Waals surface area contributed by atoms with Gasteiger partial charge in [0.1, 0.15) is 12.4 Å². The molecule has 0 spiro atoms. The zero-order chi connectivity index (χ0) is 18.0. The van der Waals surface area contributed by atoms with Gasteiger partial charge in [0.15, 0.2) is 0 Å². The van der Waals surface area contributed by atoms with Crippen LogP contribution >= 0.6 is 0 Å². The monoisotopic (exact) mass is 339 g/mol. The standard InChI is InChI=1S/C19H25N5O/c1-14-5-7-16(8-6-14)12-23-9-10-24(13-17(23)25)19-20-11-15(2)18(21-19)22(3)4/h5-8,11H,9-10,12-13H2,1-4H3. The third kappa shape index (κ3) is 3.90. The molecule has 6 heteroatoms. The van der Waals surface area contributed by atoms with Gasteiger partial charge in [0, 0.05) is 45.5 Å². The van der Waals surface area contributed by atoms with Gasteiger partial charge in [-0.05, 0) is 19.4 Å². The Morgan fingerprint density at radius 2 is 1.84 bits per heavy atom. The van der Waals surface area contributed by atoms with Crippen LogP contribution in [0.5, 0.6) is 0 Å². The van der Waals surface area contributed by atoms with E-state index < -0.39 is 0 Å². The Hall–Kier alpha value is -2.63. The topological polar surface area (TPSA) is 52.6 Å². The van der Waals surface area contributed by atoms with E-state index in [0.29, 0.717) is 25.6 Å². The SMILES string of the molecule is Cc1ccc(CN2CCN(c3ncc(C)c(N(C)C)n3)CC2=O)cc1. The van der Waals surface area contributed by atoms with Crippen molar-refractivity contribution in [2.45, 2.75) is 20.4 Å². The molecule has 0 atom stereocenters. The maximum atomic E-state index is 12.6. The molecule has 0 radical (unpaired) electrons. The molecule has 1 aliphatic heterocycles. The largest absolute Gasteiger partial charge is 0.362 e. The summed E-state index contributed by atoms with van der Waals surface area (Å²) >= 11 is 0. The molecule has 25 heavy (non-hydrogen) atoms. The molecule has 1 amide bonds. The van der Waals surface area contributed by atoms with Crippen LogP contribution in [0.3, 0.4) is 0 Å². The van der Waals surface area contributed by atoms with Crippen LogP contribution < -0.4 is 9.80 Å². The smallest absolute Gasteiger partial charge is 0.242 e. The highest BCUT2D eigenvalue weighted by Gasteiger charge is 2.26. The van der Waals surface area contributed by atoms with Gasteiger partial charge >= 0.3 is 0 Å². The van der Waals surface area contributed by atoms with Gasteiger partial charge in [-0.3, -0.25) is 4.79 Å². The zero-order valence-corrected chi connectivity index (χ0v) is 15.4. The Labute approximate surface area is 149 Å². The van der Waals surface area contributed by atoms with E-state index in [0.717, 1.165) is 23.5 Å². The minimum Gasteiger partial charge on any atom is -0.362 e. The molecule has 0 unspecified atom stereocenters. The lowest BCUT2D eigenvalue weighted by molar-refractivity contribution is -0.131. The summed E-state index contributed by atoms with van der Waals surface area (Å²) in [4.78, 5) is 27.4. The van der Waals surface area contributed by atoms with E-state index in [1.165, 1.54) is 5.56 Å². The molecule has 132 valence electrons. The maximum Gasteiger partial charge on any atom is 0.242 e. The molecule has 1 aromatic heterocycles. The predicted molar refractivity (Wildman–Crippen MR) is 99.9 cm³/mol. The average molecular weight is 339 g/mol. The molecule has 0 N–H and O–H groups in total. The highest BCUT2D eigenvalue weighted by Crippen LogP contribution is 2.20. The molecule has 3 rings (SSSR count). The van der Waals surface area contributed by atoms with Crippen LogP contribution in [0.2, 0.25) is 0 Å². The number of benzene rings is 1. The van der Waals surface area contributed by atoms with Crippen LogP contribution in [-0.4, -0.2) is 54.5 Å². The van der Waals surface area contributed by atoms with Crippen molar-refractivity contribution in [1.29, 1.82) is 0 Å². The Morgan fingerprint density at radius 1 is 1.12 bits per heavy atom. The Morgan fingerprint density at radius 3 is 2.48 bits per heavy atom.